The lowest BCUT2D eigenvalue weighted by molar-refractivity contribution is 0.183. The number of ether oxygens (including phenoxy) is 1. The summed E-state index contributed by atoms with van der Waals surface area (Å²) in [4.78, 5) is 8.66. The Morgan fingerprint density at radius 1 is 1.18 bits per heavy atom. The second-order valence-electron chi connectivity index (χ2n) is 6.39. The lowest BCUT2D eigenvalue weighted by atomic mass is 9.71. The summed E-state index contributed by atoms with van der Waals surface area (Å²) in [5.41, 5.74) is 3.60. The molecular weight excluding hydrogens is 274 g/mol. The summed E-state index contributed by atoms with van der Waals surface area (Å²) in [6.45, 7) is 1.19. The maximum Gasteiger partial charge on any atom is 0.213 e. The minimum atomic E-state index is 0.601. The zero-order chi connectivity index (χ0) is 14.9. The number of nitrogens with zero attached hydrogens (tertiary/aromatic N) is 2. The van der Waals surface area contributed by atoms with Gasteiger partial charge in [-0.25, -0.2) is 4.98 Å². The van der Waals surface area contributed by atoms with E-state index in [1.807, 2.05) is 24.5 Å². The number of hydrogen-bond acceptors (Lipinski definition) is 4. The van der Waals surface area contributed by atoms with Gasteiger partial charge in [-0.05, 0) is 55.0 Å². The first-order valence-electron chi connectivity index (χ1n) is 8.02. The molecule has 1 aliphatic carbocycles. The van der Waals surface area contributed by atoms with E-state index in [4.69, 9.17) is 4.74 Å². The number of rotatable bonds is 3. The van der Waals surface area contributed by atoms with E-state index in [1.54, 1.807) is 13.3 Å². The molecule has 0 aromatic carbocycles. The third-order valence-electron chi connectivity index (χ3n) is 5.09. The Hall–Kier alpha value is -1.94. The van der Waals surface area contributed by atoms with Crippen LogP contribution in [0.2, 0.25) is 0 Å². The second kappa shape index (κ2) is 5.69. The maximum atomic E-state index is 5.22. The van der Waals surface area contributed by atoms with Gasteiger partial charge in [0.05, 0.1) is 7.11 Å². The number of fused-ring (bicyclic) bond motifs is 3. The lowest BCUT2D eigenvalue weighted by Gasteiger charge is -2.43. The highest BCUT2D eigenvalue weighted by atomic mass is 16.5. The molecule has 2 aromatic rings. The van der Waals surface area contributed by atoms with Crippen LogP contribution in [-0.2, 0) is 0 Å². The van der Waals surface area contributed by atoms with Crippen molar-refractivity contribution in [3.8, 4) is 17.0 Å². The first-order valence-corrected chi connectivity index (χ1v) is 8.02. The first-order chi connectivity index (χ1) is 10.8. The minimum Gasteiger partial charge on any atom is -0.481 e. The van der Waals surface area contributed by atoms with Crippen molar-refractivity contribution in [1.82, 2.24) is 15.3 Å². The molecule has 1 N–H and O–H groups in total. The van der Waals surface area contributed by atoms with Crippen LogP contribution in [0.4, 0.5) is 0 Å². The monoisotopic (exact) mass is 295 g/mol. The number of aromatic nitrogens is 2. The smallest absolute Gasteiger partial charge is 0.213 e. The van der Waals surface area contributed by atoms with Crippen LogP contribution in [0.5, 0.6) is 5.88 Å². The second-order valence-corrected chi connectivity index (χ2v) is 6.39. The third kappa shape index (κ3) is 2.48. The summed E-state index contributed by atoms with van der Waals surface area (Å²) in [5.74, 6) is 2.07. The number of pyridine rings is 2. The SMILES string of the molecule is COc1cc(-c2cncc(C3CC4CCC3NC4)c2)ccn1. The van der Waals surface area contributed by atoms with Crippen LogP contribution in [0.3, 0.4) is 0 Å². The Morgan fingerprint density at radius 3 is 2.86 bits per heavy atom. The van der Waals surface area contributed by atoms with Crippen molar-refractivity contribution in [3.63, 3.8) is 0 Å². The molecule has 2 saturated heterocycles. The molecule has 2 aromatic heterocycles. The van der Waals surface area contributed by atoms with Crippen LogP contribution in [0.25, 0.3) is 11.1 Å². The van der Waals surface area contributed by atoms with Crippen molar-refractivity contribution >= 4 is 0 Å². The molecule has 2 bridgehead atoms. The average Bonchev–Trinajstić information content (AvgIpc) is 2.63. The van der Waals surface area contributed by atoms with Crippen LogP contribution in [-0.4, -0.2) is 29.7 Å². The number of methoxy groups -OCH3 is 1. The van der Waals surface area contributed by atoms with E-state index >= 15 is 0 Å². The van der Waals surface area contributed by atoms with Gasteiger partial charge in [-0.1, -0.05) is 0 Å². The predicted molar refractivity (Wildman–Crippen MR) is 85.9 cm³/mol. The summed E-state index contributed by atoms with van der Waals surface area (Å²) >= 11 is 0. The molecule has 3 atom stereocenters. The zero-order valence-electron chi connectivity index (χ0n) is 12.8. The molecule has 5 rings (SSSR count). The van der Waals surface area contributed by atoms with Gasteiger partial charge >= 0.3 is 0 Å². The number of nitrogens with one attached hydrogen (secondary N) is 1. The summed E-state index contributed by atoms with van der Waals surface area (Å²) < 4.78 is 5.22. The van der Waals surface area contributed by atoms with Crippen LogP contribution in [0.1, 0.15) is 30.7 Å². The Balaban J connectivity index is 1.65. The zero-order valence-corrected chi connectivity index (χ0v) is 12.8. The summed E-state index contributed by atoms with van der Waals surface area (Å²) in [7, 11) is 1.64. The topological polar surface area (TPSA) is 47.0 Å². The molecule has 3 unspecified atom stereocenters. The van der Waals surface area contributed by atoms with Crippen molar-refractivity contribution in [2.75, 3.05) is 13.7 Å². The van der Waals surface area contributed by atoms with Crippen LogP contribution in [0, 0.1) is 5.92 Å². The Labute approximate surface area is 130 Å². The molecule has 3 aliphatic rings. The molecule has 114 valence electrons. The van der Waals surface area contributed by atoms with Gasteiger partial charge in [-0.3, -0.25) is 4.98 Å². The maximum absolute atomic E-state index is 5.22. The normalized spacial score (nSPS) is 26.9. The van der Waals surface area contributed by atoms with Crippen LogP contribution >= 0.6 is 0 Å². The van der Waals surface area contributed by atoms with Gasteiger partial charge < -0.3 is 10.1 Å². The van der Waals surface area contributed by atoms with Gasteiger partial charge in [-0.2, -0.15) is 0 Å². The standard InChI is InChI=1S/C18H21N3O/c1-22-18-8-13(4-5-20-18)14-7-15(11-19-10-14)16-6-12-2-3-17(16)21-9-12/h4-5,7-8,10-12,16-17,21H,2-3,6,9H2,1H3. The first kappa shape index (κ1) is 13.7. The van der Waals surface area contributed by atoms with Crippen molar-refractivity contribution in [2.45, 2.75) is 31.2 Å². The fraction of sp³-hybridized carbons (Fsp3) is 0.444. The predicted octanol–water partition coefficient (Wildman–Crippen LogP) is 3.01. The molecule has 0 spiro atoms. The Kier molecular flexibility index (Phi) is 3.54. The minimum absolute atomic E-state index is 0.601. The van der Waals surface area contributed by atoms with Gasteiger partial charge in [-0.15, -0.1) is 0 Å². The van der Waals surface area contributed by atoms with Crippen molar-refractivity contribution in [2.24, 2.45) is 5.92 Å². The average molecular weight is 295 g/mol. The largest absolute Gasteiger partial charge is 0.481 e. The number of piperidine rings is 2. The summed E-state index contributed by atoms with van der Waals surface area (Å²) in [6, 6.07) is 6.88. The van der Waals surface area contributed by atoms with Gasteiger partial charge in [0.2, 0.25) is 5.88 Å². The highest BCUT2D eigenvalue weighted by molar-refractivity contribution is 5.64. The van der Waals surface area contributed by atoms with E-state index in [-0.39, 0.29) is 0 Å². The molecule has 4 heteroatoms. The highest BCUT2D eigenvalue weighted by Gasteiger charge is 2.36. The molecule has 2 aliphatic heterocycles. The van der Waals surface area contributed by atoms with Crippen molar-refractivity contribution in [1.29, 1.82) is 0 Å². The molecule has 1 saturated carbocycles. The van der Waals surface area contributed by atoms with Crippen molar-refractivity contribution in [3.05, 3.63) is 42.4 Å². The molecular formula is C18H21N3O. The van der Waals surface area contributed by atoms with E-state index in [0.29, 0.717) is 17.8 Å². The van der Waals surface area contributed by atoms with E-state index in [0.717, 1.165) is 17.0 Å². The molecule has 4 nitrogen and oxygen atoms in total. The lowest BCUT2D eigenvalue weighted by Crippen LogP contribution is -2.49. The molecule has 0 radical (unpaired) electrons. The molecule has 3 fully saturated rings. The fourth-order valence-electron chi connectivity index (χ4n) is 3.89. The van der Waals surface area contributed by atoms with Gasteiger partial charge in [0.25, 0.3) is 0 Å². The summed E-state index contributed by atoms with van der Waals surface area (Å²) in [5, 5.41) is 3.69. The number of hydrogen-bond donors (Lipinski definition) is 1. The van der Waals surface area contributed by atoms with Gasteiger partial charge in [0.15, 0.2) is 0 Å². The van der Waals surface area contributed by atoms with Gasteiger partial charge in [0, 0.05) is 42.2 Å². The van der Waals surface area contributed by atoms with E-state index in [2.05, 4.69) is 21.4 Å². The van der Waals surface area contributed by atoms with Crippen LogP contribution < -0.4 is 10.1 Å². The molecule has 22 heavy (non-hydrogen) atoms. The van der Waals surface area contributed by atoms with Crippen LogP contribution in [0.15, 0.2) is 36.8 Å². The van der Waals surface area contributed by atoms with E-state index in [1.165, 1.54) is 31.4 Å². The Morgan fingerprint density at radius 2 is 2.14 bits per heavy atom. The van der Waals surface area contributed by atoms with Crippen molar-refractivity contribution < 1.29 is 4.74 Å². The highest BCUT2D eigenvalue weighted by Crippen LogP contribution is 2.40. The third-order valence-corrected chi connectivity index (χ3v) is 5.09. The van der Waals surface area contributed by atoms with E-state index < -0.39 is 0 Å². The summed E-state index contributed by atoms with van der Waals surface area (Å²) in [6.07, 6.45) is 9.71. The molecule has 0 amide bonds. The van der Waals surface area contributed by atoms with Gasteiger partial charge in [0.1, 0.15) is 0 Å². The Bertz CT molecular complexity index is 665. The quantitative estimate of drug-likeness (QED) is 0.945. The molecule has 4 heterocycles. The fourth-order valence-corrected chi connectivity index (χ4v) is 3.89. The van der Waals surface area contributed by atoms with E-state index in [9.17, 15) is 0 Å².